The first kappa shape index (κ1) is 13.8. The summed E-state index contributed by atoms with van der Waals surface area (Å²) in [5.74, 6) is -0.391. The highest BCUT2D eigenvalue weighted by molar-refractivity contribution is 5.94. The molecule has 0 saturated carbocycles. The van der Waals surface area contributed by atoms with Crippen molar-refractivity contribution in [3.8, 4) is 0 Å². The van der Waals surface area contributed by atoms with Crippen LogP contribution in [0, 0.1) is 11.7 Å². The average Bonchev–Trinajstić information content (AvgIpc) is 2.42. The van der Waals surface area contributed by atoms with Crippen molar-refractivity contribution >= 4 is 11.6 Å². The van der Waals surface area contributed by atoms with E-state index in [9.17, 15) is 9.18 Å². The number of benzene rings is 1. The lowest BCUT2D eigenvalue weighted by Gasteiger charge is -2.32. The van der Waals surface area contributed by atoms with Gasteiger partial charge in [0.15, 0.2) is 0 Å². The highest BCUT2D eigenvalue weighted by atomic mass is 19.1. The number of carbonyl (C=O) groups excluding carboxylic acids is 1. The number of amides is 1. The van der Waals surface area contributed by atoms with Crippen LogP contribution in [0.15, 0.2) is 18.2 Å². The van der Waals surface area contributed by atoms with Gasteiger partial charge in [0.05, 0.1) is 5.69 Å². The molecule has 1 aromatic carbocycles. The second-order valence-corrected chi connectivity index (χ2v) is 5.01. The van der Waals surface area contributed by atoms with Crippen molar-refractivity contribution in [3.05, 3.63) is 29.6 Å². The van der Waals surface area contributed by atoms with Crippen molar-refractivity contribution in [3.63, 3.8) is 0 Å². The molecule has 4 nitrogen and oxygen atoms in total. The predicted octanol–water partition coefficient (Wildman–Crippen LogP) is 1.64. The Morgan fingerprint density at radius 1 is 1.53 bits per heavy atom. The number of carbonyl (C=O) groups is 1. The Hall–Kier alpha value is -1.62. The molecule has 1 aliphatic heterocycles. The molecule has 1 unspecified atom stereocenters. The van der Waals surface area contributed by atoms with Gasteiger partial charge < -0.3 is 15.7 Å². The van der Waals surface area contributed by atoms with Gasteiger partial charge in [-0.3, -0.25) is 4.79 Å². The van der Waals surface area contributed by atoms with Crippen LogP contribution in [0.5, 0.6) is 0 Å². The Kier molecular flexibility index (Phi) is 4.37. The van der Waals surface area contributed by atoms with Crippen LogP contribution in [-0.4, -0.2) is 35.6 Å². The molecule has 5 heteroatoms. The third-order valence-electron chi connectivity index (χ3n) is 3.59. The van der Waals surface area contributed by atoms with Crippen molar-refractivity contribution in [2.45, 2.75) is 19.3 Å². The highest BCUT2D eigenvalue weighted by Gasteiger charge is 2.24. The Morgan fingerprint density at radius 2 is 2.32 bits per heavy atom. The van der Waals surface area contributed by atoms with Gasteiger partial charge in [-0.1, -0.05) is 0 Å². The highest BCUT2D eigenvalue weighted by Crippen LogP contribution is 2.22. The summed E-state index contributed by atoms with van der Waals surface area (Å²) in [6.07, 6.45) is 2.66. The Balaban J connectivity index is 2.08. The first-order valence-electron chi connectivity index (χ1n) is 6.57. The molecule has 1 fully saturated rings. The first-order valence-corrected chi connectivity index (χ1v) is 6.57. The minimum absolute atomic E-state index is 0.0494. The zero-order valence-corrected chi connectivity index (χ0v) is 10.8. The molecule has 104 valence electrons. The van der Waals surface area contributed by atoms with Crippen molar-refractivity contribution in [1.29, 1.82) is 0 Å². The van der Waals surface area contributed by atoms with E-state index in [1.165, 1.54) is 12.1 Å². The molecule has 1 aromatic rings. The molecule has 1 saturated heterocycles. The summed E-state index contributed by atoms with van der Waals surface area (Å²) in [4.78, 5) is 14.0. The van der Waals surface area contributed by atoms with Gasteiger partial charge in [0, 0.05) is 25.3 Å². The van der Waals surface area contributed by atoms with Gasteiger partial charge in [0.25, 0.3) is 5.91 Å². The number of anilines is 1. The van der Waals surface area contributed by atoms with Crippen LogP contribution in [0.2, 0.25) is 0 Å². The van der Waals surface area contributed by atoms with Gasteiger partial charge in [-0.2, -0.15) is 0 Å². The molecule has 1 amide bonds. The van der Waals surface area contributed by atoms with E-state index in [1.807, 2.05) is 0 Å². The number of hydrogen-bond acceptors (Lipinski definition) is 3. The van der Waals surface area contributed by atoms with Crippen LogP contribution >= 0.6 is 0 Å². The van der Waals surface area contributed by atoms with Crippen molar-refractivity contribution < 1.29 is 14.3 Å². The van der Waals surface area contributed by atoms with Gasteiger partial charge >= 0.3 is 0 Å². The molecular weight excluding hydrogens is 247 g/mol. The van der Waals surface area contributed by atoms with Crippen LogP contribution in [0.1, 0.15) is 29.6 Å². The fourth-order valence-electron chi connectivity index (χ4n) is 2.51. The number of likely N-dealkylation sites (tertiary alicyclic amines) is 1. The minimum atomic E-state index is -0.560. The summed E-state index contributed by atoms with van der Waals surface area (Å²) in [6.45, 7) is 1.46. The molecule has 0 spiro atoms. The number of aliphatic hydroxyl groups is 1. The van der Waals surface area contributed by atoms with Gasteiger partial charge in [0.2, 0.25) is 0 Å². The van der Waals surface area contributed by atoms with E-state index in [0.717, 1.165) is 12.8 Å². The molecule has 1 atom stereocenters. The fourth-order valence-corrected chi connectivity index (χ4v) is 2.51. The predicted molar refractivity (Wildman–Crippen MR) is 71.1 cm³/mol. The average molecular weight is 266 g/mol. The summed E-state index contributed by atoms with van der Waals surface area (Å²) < 4.78 is 13.4. The summed E-state index contributed by atoms with van der Waals surface area (Å²) in [5.41, 5.74) is 5.78. The van der Waals surface area contributed by atoms with E-state index >= 15 is 0 Å². The summed E-state index contributed by atoms with van der Waals surface area (Å²) in [6, 6.07) is 4.15. The van der Waals surface area contributed by atoms with E-state index in [2.05, 4.69) is 0 Å². The van der Waals surface area contributed by atoms with Crippen LogP contribution in [0.25, 0.3) is 0 Å². The number of nitrogen functional groups attached to an aromatic ring is 1. The first-order chi connectivity index (χ1) is 9.11. The number of piperidine rings is 1. The number of aliphatic hydroxyl groups excluding tert-OH is 1. The molecule has 0 bridgehead atoms. The van der Waals surface area contributed by atoms with Crippen molar-refractivity contribution in [2.24, 2.45) is 5.92 Å². The monoisotopic (exact) mass is 266 g/mol. The molecule has 0 aromatic heterocycles. The van der Waals surface area contributed by atoms with E-state index in [1.54, 1.807) is 11.0 Å². The molecule has 1 aliphatic rings. The normalized spacial score (nSPS) is 19.5. The Bertz CT molecular complexity index is 463. The molecule has 3 N–H and O–H groups in total. The summed E-state index contributed by atoms with van der Waals surface area (Å²) >= 11 is 0. The van der Waals surface area contributed by atoms with Crippen molar-refractivity contribution in [2.75, 3.05) is 25.4 Å². The quantitative estimate of drug-likeness (QED) is 0.817. The fraction of sp³-hybridized carbons (Fsp3) is 0.500. The Morgan fingerprint density at radius 3 is 3.00 bits per heavy atom. The maximum absolute atomic E-state index is 13.4. The standard InChI is InChI=1S/C14H19FN2O2/c15-12-8-11(3-4-13(12)16)14(19)17-6-1-2-10(9-17)5-7-18/h3-4,8,10,18H,1-2,5-7,9,16H2. The third-order valence-corrected chi connectivity index (χ3v) is 3.59. The molecular formula is C14H19FN2O2. The van der Waals surface area contributed by atoms with Crippen LogP contribution in [0.3, 0.4) is 0 Å². The lowest BCUT2D eigenvalue weighted by molar-refractivity contribution is 0.0653. The second-order valence-electron chi connectivity index (χ2n) is 5.01. The van der Waals surface area contributed by atoms with Crippen LogP contribution in [0.4, 0.5) is 10.1 Å². The van der Waals surface area contributed by atoms with Crippen molar-refractivity contribution in [1.82, 2.24) is 4.90 Å². The minimum Gasteiger partial charge on any atom is -0.396 e. The zero-order valence-electron chi connectivity index (χ0n) is 10.8. The van der Waals surface area contributed by atoms with Crippen LogP contribution < -0.4 is 5.73 Å². The van der Waals surface area contributed by atoms with E-state index in [0.29, 0.717) is 31.0 Å². The van der Waals surface area contributed by atoms with E-state index < -0.39 is 5.82 Å². The van der Waals surface area contributed by atoms with E-state index in [-0.39, 0.29) is 18.2 Å². The van der Waals surface area contributed by atoms with E-state index in [4.69, 9.17) is 10.8 Å². The topological polar surface area (TPSA) is 66.6 Å². The second kappa shape index (κ2) is 6.02. The SMILES string of the molecule is Nc1ccc(C(=O)N2CCCC(CCO)C2)cc1F. The van der Waals surface area contributed by atoms with Gasteiger partial charge in [-0.15, -0.1) is 0 Å². The molecule has 1 heterocycles. The van der Waals surface area contributed by atoms with Gasteiger partial charge in [0.1, 0.15) is 5.82 Å². The number of halogens is 1. The largest absolute Gasteiger partial charge is 0.396 e. The zero-order chi connectivity index (χ0) is 13.8. The summed E-state index contributed by atoms with van der Waals surface area (Å²) in [5, 5.41) is 8.96. The van der Waals surface area contributed by atoms with Gasteiger partial charge in [-0.25, -0.2) is 4.39 Å². The lowest BCUT2D eigenvalue weighted by Crippen LogP contribution is -2.40. The number of nitrogens with zero attached hydrogens (tertiary/aromatic N) is 1. The number of nitrogens with two attached hydrogens (primary N) is 1. The molecule has 0 radical (unpaired) electrons. The lowest BCUT2D eigenvalue weighted by atomic mass is 9.94. The maximum Gasteiger partial charge on any atom is 0.253 e. The van der Waals surface area contributed by atoms with Gasteiger partial charge in [-0.05, 0) is 43.4 Å². The smallest absolute Gasteiger partial charge is 0.253 e. The maximum atomic E-state index is 13.4. The molecule has 0 aliphatic carbocycles. The Labute approximate surface area is 112 Å². The molecule has 2 rings (SSSR count). The number of rotatable bonds is 3. The number of hydrogen-bond donors (Lipinski definition) is 2. The summed E-state index contributed by atoms with van der Waals surface area (Å²) in [7, 11) is 0. The van der Waals surface area contributed by atoms with Crippen LogP contribution in [-0.2, 0) is 0 Å². The molecule has 19 heavy (non-hydrogen) atoms. The third kappa shape index (κ3) is 3.23.